The van der Waals surface area contributed by atoms with E-state index in [4.69, 9.17) is 0 Å². The van der Waals surface area contributed by atoms with Gasteiger partial charge in [-0.2, -0.15) is 0 Å². The van der Waals surface area contributed by atoms with E-state index in [0.29, 0.717) is 29.0 Å². The number of hydrogen-bond donors (Lipinski definition) is 0. The van der Waals surface area contributed by atoms with Gasteiger partial charge in [0.2, 0.25) is 0 Å². The predicted molar refractivity (Wildman–Crippen MR) is 133 cm³/mol. The Morgan fingerprint density at radius 1 is 0.906 bits per heavy atom. The van der Waals surface area contributed by atoms with Crippen molar-refractivity contribution in [2.24, 2.45) is 46.3 Å². The molecule has 4 saturated carbocycles. The van der Waals surface area contributed by atoms with E-state index in [-0.39, 0.29) is 0 Å². The number of ketones is 1. The standard InChI is InChI=1S/C31H46O/c1-22(12-14-25(32)21-23-9-5-4-6-10-23)27-16-17-28-26-15-13-24-11-7-8-19-30(24,2)29(26)18-20-31(27,28)3/h4-6,9-10,22,24,26-29H,7-8,11-21H2,1-3H3/t22-,24?,26+,27-,28+,29+,30+,31-/m1/s1. The van der Waals surface area contributed by atoms with Gasteiger partial charge in [0, 0.05) is 12.8 Å². The molecule has 32 heavy (non-hydrogen) atoms. The lowest BCUT2D eigenvalue weighted by Gasteiger charge is -2.61. The summed E-state index contributed by atoms with van der Waals surface area (Å²) in [6.07, 6.45) is 17.3. The number of carbonyl (C=O) groups excluding carboxylic acids is 1. The summed E-state index contributed by atoms with van der Waals surface area (Å²) in [6, 6.07) is 10.3. The highest BCUT2D eigenvalue weighted by molar-refractivity contribution is 5.80. The molecule has 0 saturated heterocycles. The lowest BCUT2D eigenvalue weighted by atomic mass is 9.44. The van der Waals surface area contributed by atoms with Gasteiger partial charge < -0.3 is 0 Å². The van der Waals surface area contributed by atoms with Gasteiger partial charge in [0.1, 0.15) is 5.78 Å². The van der Waals surface area contributed by atoms with Crippen LogP contribution in [0.4, 0.5) is 0 Å². The minimum atomic E-state index is 0.426. The molecule has 0 aromatic heterocycles. The summed E-state index contributed by atoms with van der Waals surface area (Å²) in [5, 5.41) is 0. The molecule has 0 radical (unpaired) electrons. The third-order valence-electron chi connectivity index (χ3n) is 11.5. The van der Waals surface area contributed by atoms with Crippen molar-refractivity contribution >= 4 is 5.78 Å². The number of carbonyl (C=O) groups is 1. The SMILES string of the molecule is C[C@H](CCC(=O)Cc1ccccc1)[C@H]1CC[C@H]2[C@@H]3CCC4CCCC[C@]4(C)[C@H]3CC[C@]12C. The average Bonchev–Trinajstić information content (AvgIpc) is 3.15. The Labute approximate surface area is 197 Å². The lowest BCUT2D eigenvalue weighted by Crippen LogP contribution is -2.53. The maximum absolute atomic E-state index is 12.7. The summed E-state index contributed by atoms with van der Waals surface area (Å²) in [6.45, 7) is 7.84. The number of hydrogen-bond acceptors (Lipinski definition) is 1. The molecule has 1 unspecified atom stereocenters. The Hall–Kier alpha value is -1.11. The minimum Gasteiger partial charge on any atom is -0.299 e. The van der Waals surface area contributed by atoms with Crippen LogP contribution in [0.3, 0.4) is 0 Å². The molecule has 1 nitrogen and oxygen atoms in total. The van der Waals surface area contributed by atoms with Crippen LogP contribution < -0.4 is 0 Å². The predicted octanol–water partition coefficient (Wildman–Crippen LogP) is 8.26. The fraction of sp³-hybridized carbons (Fsp3) is 0.774. The second kappa shape index (κ2) is 8.92. The van der Waals surface area contributed by atoms with Crippen LogP contribution >= 0.6 is 0 Å². The van der Waals surface area contributed by atoms with Gasteiger partial charge in [0.25, 0.3) is 0 Å². The van der Waals surface area contributed by atoms with E-state index in [1.165, 1.54) is 69.8 Å². The van der Waals surface area contributed by atoms with Crippen LogP contribution in [0.1, 0.15) is 103 Å². The Bertz CT molecular complexity index is 798. The van der Waals surface area contributed by atoms with E-state index in [9.17, 15) is 4.79 Å². The molecule has 0 aliphatic heterocycles. The Morgan fingerprint density at radius 2 is 1.69 bits per heavy atom. The first kappa shape index (κ1) is 22.7. The van der Waals surface area contributed by atoms with E-state index >= 15 is 0 Å². The highest BCUT2D eigenvalue weighted by atomic mass is 16.1. The molecule has 0 amide bonds. The van der Waals surface area contributed by atoms with Gasteiger partial charge in [0.15, 0.2) is 0 Å². The second-order valence-electron chi connectivity index (χ2n) is 12.8. The van der Waals surface area contributed by atoms with E-state index in [1.807, 2.05) is 18.2 Å². The number of benzene rings is 1. The highest BCUT2D eigenvalue weighted by Gasteiger charge is 2.60. The summed E-state index contributed by atoms with van der Waals surface area (Å²) in [7, 11) is 0. The van der Waals surface area contributed by atoms with Crippen molar-refractivity contribution in [3.05, 3.63) is 35.9 Å². The van der Waals surface area contributed by atoms with Crippen LogP contribution in [0.2, 0.25) is 0 Å². The highest BCUT2D eigenvalue weighted by Crippen LogP contribution is 2.68. The van der Waals surface area contributed by atoms with Crippen LogP contribution in [0.15, 0.2) is 30.3 Å². The first-order valence-corrected chi connectivity index (χ1v) is 14.0. The maximum atomic E-state index is 12.7. The van der Waals surface area contributed by atoms with Crippen LogP contribution in [0, 0.1) is 46.3 Å². The van der Waals surface area contributed by atoms with Crippen molar-refractivity contribution in [1.82, 2.24) is 0 Å². The summed E-state index contributed by atoms with van der Waals surface area (Å²) < 4.78 is 0. The largest absolute Gasteiger partial charge is 0.299 e. The molecule has 0 heterocycles. The molecule has 8 atom stereocenters. The first-order valence-electron chi connectivity index (χ1n) is 14.0. The van der Waals surface area contributed by atoms with Gasteiger partial charge in [-0.3, -0.25) is 4.79 Å². The summed E-state index contributed by atoms with van der Waals surface area (Å²) in [4.78, 5) is 12.7. The fourth-order valence-corrected chi connectivity index (χ4v) is 9.77. The summed E-state index contributed by atoms with van der Waals surface area (Å²) >= 11 is 0. The molecule has 1 heteroatoms. The van der Waals surface area contributed by atoms with Gasteiger partial charge in [-0.1, -0.05) is 63.9 Å². The first-order chi connectivity index (χ1) is 15.4. The maximum Gasteiger partial charge on any atom is 0.137 e. The number of rotatable bonds is 6. The summed E-state index contributed by atoms with van der Waals surface area (Å²) in [5.41, 5.74) is 2.35. The van der Waals surface area contributed by atoms with Crippen LogP contribution in [0.25, 0.3) is 0 Å². The van der Waals surface area contributed by atoms with E-state index in [0.717, 1.165) is 42.4 Å². The molecular formula is C31H46O. The van der Waals surface area contributed by atoms with Gasteiger partial charge >= 0.3 is 0 Å². The molecule has 4 aliphatic carbocycles. The molecule has 4 fully saturated rings. The van der Waals surface area contributed by atoms with Crippen molar-refractivity contribution in [2.75, 3.05) is 0 Å². The molecule has 176 valence electrons. The zero-order chi connectivity index (χ0) is 22.3. The zero-order valence-electron chi connectivity index (χ0n) is 21.0. The summed E-state index contributed by atoms with van der Waals surface area (Å²) in [5.74, 6) is 5.90. The topological polar surface area (TPSA) is 17.1 Å². The van der Waals surface area contributed by atoms with Crippen molar-refractivity contribution in [2.45, 2.75) is 104 Å². The monoisotopic (exact) mass is 434 g/mol. The molecule has 0 bridgehead atoms. The fourth-order valence-electron chi connectivity index (χ4n) is 9.77. The molecule has 4 aliphatic rings. The van der Waals surface area contributed by atoms with Gasteiger partial charge in [-0.25, -0.2) is 0 Å². The van der Waals surface area contributed by atoms with E-state index in [2.05, 4.69) is 32.9 Å². The third-order valence-corrected chi connectivity index (χ3v) is 11.5. The lowest BCUT2D eigenvalue weighted by molar-refractivity contribution is -0.120. The zero-order valence-corrected chi connectivity index (χ0v) is 21.0. The Morgan fingerprint density at radius 3 is 2.50 bits per heavy atom. The van der Waals surface area contributed by atoms with Crippen LogP contribution in [-0.2, 0) is 11.2 Å². The molecular weight excluding hydrogens is 388 g/mol. The van der Waals surface area contributed by atoms with Crippen molar-refractivity contribution in [3.63, 3.8) is 0 Å². The van der Waals surface area contributed by atoms with E-state index in [1.54, 1.807) is 0 Å². The molecule has 0 spiro atoms. The molecule has 0 N–H and O–H groups in total. The third kappa shape index (κ3) is 3.90. The van der Waals surface area contributed by atoms with Crippen molar-refractivity contribution < 1.29 is 4.79 Å². The molecule has 1 aromatic rings. The normalized spacial score (nSPS) is 41.9. The van der Waals surface area contributed by atoms with Crippen LogP contribution in [-0.4, -0.2) is 5.78 Å². The molecule has 1 aromatic carbocycles. The molecule has 5 rings (SSSR count). The quantitative estimate of drug-likeness (QED) is 0.440. The Balaban J connectivity index is 1.22. The number of fused-ring (bicyclic) bond motifs is 5. The van der Waals surface area contributed by atoms with Gasteiger partial charge in [-0.15, -0.1) is 0 Å². The smallest absolute Gasteiger partial charge is 0.137 e. The van der Waals surface area contributed by atoms with E-state index < -0.39 is 0 Å². The Kier molecular flexibility index (Phi) is 6.32. The number of Topliss-reactive ketones (excluding diaryl/α,β-unsaturated/α-hetero) is 1. The van der Waals surface area contributed by atoms with Gasteiger partial charge in [-0.05, 0) is 110 Å². The van der Waals surface area contributed by atoms with Crippen molar-refractivity contribution in [3.8, 4) is 0 Å². The van der Waals surface area contributed by atoms with Crippen LogP contribution in [0.5, 0.6) is 0 Å². The average molecular weight is 435 g/mol. The minimum absolute atomic E-state index is 0.426. The van der Waals surface area contributed by atoms with Crippen molar-refractivity contribution in [1.29, 1.82) is 0 Å². The second-order valence-corrected chi connectivity index (χ2v) is 12.8. The van der Waals surface area contributed by atoms with Gasteiger partial charge in [0.05, 0.1) is 0 Å².